The molecule has 0 aliphatic carbocycles. The number of fused-ring (bicyclic) bond motifs is 1. The minimum Gasteiger partial charge on any atom is -0.454 e. The molecule has 132 valence electrons. The fourth-order valence-electron chi connectivity index (χ4n) is 2.46. The van der Waals surface area contributed by atoms with E-state index in [1.807, 2.05) is 12.1 Å². The molecule has 0 saturated carbocycles. The van der Waals surface area contributed by atoms with Crippen LogP contribution >= 0.6 is 0 Å². The quantitative estimate of drug-likeness (QED) is 0.843. The predicted molar refractivity (Wildman–Crippen MR) is 87.2 cm³/mol. The standard InChI is InChI=1S/C18H18F2N2O3/c1-11(13-3-4-14(19)15(20)7-13)21-9-18(23)22-8-12-2-5-16-17(6-12)25-10-24-16/h2-7,11,21H,8-10H2,1H3,(H,22,23)/t11-/m1/s1. The summed E-state index contributed by atoms with van der Waals surface area (Å²) >= 11 is 0. The molecule has 1 aliphatic rings. The van der Waals surface area contributed by atoms with Gasteiger partial charge in [-0.15, -0.1) is 0 Å². The number of halogens is 2. The van der Waals surface area contributed by atoms with E-state index in [4.69, 9.17) is 9.47 Å². The highest BCUT2D eigenvalue weighted by Gasteiger charge is 2.14. The van der Waals surface area contributed by atoms with Crippen molar-refractivity contribution in [2.45, 2.75) is 19.5 Å². The smallest absolute Gasteiger partial charge is 0.234 e. The highest BCUT2D eigenvalue weighted by Crippen LogP contribution is 2.32. The molecule has 2 aromatic rings. The second-order valence-electron chi connectivity index (χ2n) is 5.74. The Morgan fingerprint density at radius 2 is 1.92 bits per heavy atom. The maximum absolute atomic E-state index is 13.2. The van der Waals surface area contributed by atoms with Gasteiger partial charge in [0.15, 0.2) is 23.1 Å². The Kier molecular flexibility index (Phi) is 5.14. The minimum atomic E-state index is -0.904. The fraction of sp³-hybridized carbons (Fsp3) is 0.278. The van der Waals surface area contributed by atoms with E-state index in [9.17, 15) is 13.6 Å². The summed E-state index contributed by atoms with van der Waals surface area (Å²) in [6, 6.07) is 8.87. The summed E-state index contributed by atoms with van der Waals surface area (Å²) in [5.74, 6) is -0.642. The summed E-state index contributed by atoms with van der Waals surface area (Å²) < 4.78 is 36.7. The van der Waals surface area contributed by atoms with E-state index in [1.165, 1.54) is 6.07 Å². The van der Waals surface area contributed by atoms with Crippen LogP contribution in [0, 0.1) is 11.6 Å². The Labute approximate surface area is 143 Å². The third kappa shape index (κ3) is 4.24. The Bertz CT molecular complexity index is 783. The van der Waals surface area contributed by atoms with Crippen LogP contribution in [0.2, 0.25) is 0 Å². The average Bonchev–Trinajstić information content (AvgIpc) is 3.08. The highest BCUT2D eigenvalue weighted by molar-refractivity contribution is 5.78. The maximum Gasteiger partial charge on any atom is 0.234 e. The maximum atomic E-state index is 13.2. The van der Waals surface area contributed by atoms with Crippen molar-refractivity contribution >= 4 is 5.91 Å². The van der Waals surface area contributed by atoms with Crippen molar-refractivity contribution in [3.8, 4) is 11.5 Å². The zero-order chi connectivity index (χ0) is 17.8. The second kappa shape index (κ2) is 7.48. The number of ether oxygens (including phenoxy) is 2. The van der Waals surface area contributed by atoms with E-state index < -0.39 is 11.6 Å². The minimum absolute atomic E-state index is 0.0602. The lowest BCUT2D eigenvalue weighted by Gasteiger charge is -2.14. The zero-order valence-electron chi connectivity index (χ0n) is 13.6. The zero-order valence-corrected chi connectivity index (χ0v) is 13.6. The van der Waals surface area contributed by atoms with Crippen molar-refractivity contribution in [1.29, 1.82) is 0 Å². The largest absolute Gasteiger partial charge is 0.454 e. The topological polar surface area (TPSA) is 59.6 Å². The molecule has 0 fully saturated rings. The Balaban J connectivity index is 1.47. The number of rotatable bonds is 6. The van der Waals surface area contributed by atoms with Crippen molar-refractivity contribution in [3.05, 3.63) is 59.2 Å². The summed E-state index contributed by atoms with van der Waals surface area (Å²) in [7, 11) is 0. The summed E-state index contributed by atoms with van der Waals surface area (Å²) in [5, 5.41) is 5.76. The van der Waals surface area contributed by atoms with Gasteiger partial charge in [0.2, 0.25) is 12.7 Å². The predicted octanol–water partition coefficient (Wildman–Crippen LogP) is 2.66. The first-order chi connectivity index (χ1) is 12.0. The molecular formula is C18H18F2N2O3. The van der Waals surface area contributed by atoms with Gasteiger partial charge < -0.3 is 20.1 Å². The van der Waals surface area contributed by atoms with E-state index in [1.54, 1.807) is 13.0 Å². The Hall–Kier alpha value is -2.67. The SMILES string of the molecule is C[C@@H](NCC(=O)NCc1ccc2c(c1)OCO2)c1ccc(F)c(F)c1. The first-order valence-corrected chi connectivity index (χ1v) is 7.86. The van der Waals surface area contributed by atoms with Crippen molar-refractivity contribution in [3.63, 3.8) is 0 Å². The van der Waals surface area contributed by atoms with E-state index >= 15 is 0 Å². The van der Waals surface area contributed by atoms with Crippen LogP contribution in [-0.4, -0.2) is 19.2 Å². The molecule has 5 nitrogen and oxygen atoms in total. The van der Waals surface area contributed by atoms with Gasteiger partial charge in [-0.05, 0) is 42.3 Å². The molecule has 0 aromatic heterocycles. The second-order valence-corrected chi connectivity index (χ2v) is 5.74. The van der Waals surface area contributed by atoms with Crippen LogP contribution in [0.1, 0.15) is 24.1 Å². The number of carbonyl (C=O) groups excluding carboxylic acids is 1. The number of carbonyl (C=O) groups is 1. The summed E-state index contributed by atoms with van der Waals surface area (Å²) in [6.45, 7) is 2.40. The van der Waals surface area contributed by atoms with Crippen molar-refractivity contribution < 1.29 is 23.0 Å². The number of benzene rings is 2. The molecule has 1 aliphatic heterocycles. The van der Waals surface area contributed by atoms with E-state index in [0.29, 0.717) is 23.6 Å². The number of hydrogen-bond acceptors (Lipinski definition) is 4. The monoisotopic (exact) mass is 348 g/mol. The van der Waals surface area contributed by atoms with Crippen LogP contribution in [0.15, 0.2) is 36.4 Å². The lowest BCUT2D eigenvalue weighted by molar-refractivity contribution is -0.120. The first-order valence-electron chi connectivity index (χ1n) is 7.86. The molecular weight excluding hydrogens is 330 g/mol. The molecule has 0 bridgehead atoms. The average molecular weight is 348 g/mol. The van der Waals surface area contributed by atoms with E-state index in [0.717, 1.165) is 17.7 Å². The van der Waals surface area contributed by atoms with Gasteiger partial charge in [-0.25, -0.2) is 8.78 Å². The number of nitrogens with one attached hydrogen (secondary N) is 2. The van der Waals surface area contributed by atoms with Crippen molar-refractivity contribution in [2.24, 2.45) is 0 Å². The molecule has 2 aromatic carbocycles. The molecule has 1 atom stereocenters. The normalized spacial score (nSPS) is 13.6. The van der Waals surface area contributed by atoms with Crippen LogP contribution in [-0.2, 0) is 11.3 Å². The van der Waals surface area contributed by atoms with Crippen LogP contribution in [0.4, 0.5) is 8.78 Å². The number of amides is 1. The summed E-state index contributed by atoms with van der Waals surface area (Å²) in [4.78, 5) is 11.9. The third-order valence-electron chi connectivity index (χ3n) is 3.94. The Morgan fingerprint density at radius 3 is 2.72 bits per heavy atom. The Morgan fingerprint density at radius 1 is 1.12 bits per heavy atom. The highest BCUT2D eigenvalue weighted by atomic mass is 19.2. The molecule has 0 saturated heterocycles. The molecule has 0 unspecified atom stereocenters. The fourth-order valence-corrected chi connectivity index (χ4v) is 2.46. The lowest BCUT2D eigenvalue weighted by atomic mass is 10.1. The molecule has 0 radical (unpaired) electrons. The van der Waals surface area contributed by atoms with Crippen LogP contribution in [0.5, 0.6) is 11.5 Å². The lowest BCUT2D eigenvalue weighted by Crippen LogP contribution is -2.34. The molecule has 1 heterocycles. The van der Waals surface area contributed by atoms with Gasteiger partial charge in [-0.1, -0.05) is 12.1 Å². The summed E-state index contributed by atoms with van der Waals surface area (Å²) in [5.41, 5.74) is 1.47. The van der Waals surface area contributed by atoms with Gasteiger partial charge in [0.05, 0.1) is 6.54 Å². The molecule has 2 N–H and O–H groups in total. The van der Waals surface area contributed by atoms with Crippen LogP contribution in [0.25, 0.3) is 0 Å². The van der Waals surface area contributed by atoms with Gasteiger partial charge in [0.1, 0.15) is 0 Å². The van der Waals surface area contributed by atoms with Crippen molar-refractivity contribution in [1.82, 2.24) is 10.6 Å². The number of hydrogen-bond donors (Lipinski definition) is 2. The van der Waals surface area contributed by atoms with Crippen LogP contribution < -0.4 is 20.1 Å². The summed E-state index contributed by atoms with van der Waals surface area (Å²) in [6.07, 6.45) is 0. The molecule has 1 amide bonds. The first kappa shape index (κ1) is 17.2. The van der Waals surface area contributed by atoms with Gasteiger partial charge >= 0.3 is 0 Å². The van der Waals surface area contributed by atoms with Crippen LogP contribution in [0.3, 0.4) is 0 Å². The van der Waals surface area contributed by atoms with Gasteiger partial charge in [-0.2, -0.15) is 0 Å². The van der Waals surface area contributed by atoms with E-state index in [-0.39, 0.29) is 25.3 Å². The van der Waals surface area contributed by atoms with Gasteiger partial charge in [-0.3, -0.25) is 4.79 Å². The van der Waals surface area contributed by atoms with Crippen molar-refractivity contribution in [2.75, 3.05) is 13.3 Å². The van der Waals surface area contributed by atoms with E-state index in [2.05, 4.69) is 10.6 Å². The van der Waals surface area contributed by atoms with Gasteiger partial charge in [0.25, 0.3) is 0 Å². The third-order valence-corrected chi connectivity index (χ3v) is 3.94. The molecule has 3 rings (SSSR count). The molecule has 0 spiro atoms. The van der Waals surface area contributed by atoms with Gasteiger partial charge in [0, 0.05) is 12.6 Å². The molecule has 25 heavy (non-hydrogen) atoms. The molecule has 7 heteroatoms.